The first-order chi connectivity index (χ1) is 6.22. The molecule has 0 saturated heterocycles. The Morgan fingerprint density at radius 1 is 1.54 bits per heavy atom. The molecule has 0 radical (unpaired) electrons. The molecule has 1 rings (SSSR count). The van der Waals surface area contributed by atoms with E-state index in [0.717, 1.165) is 0 Å². The Morgan fingerprint density at radius 2 is 2.31 bits per heavy atom. The molecule has 0 fully saturated rings. The molecular formula is C10H13NO2. The highest BCUT2D eigenvalue weighted by molar-refractivity contribution is 5.71. The summed E-state index contributed by atoms with van der Waals surface area (Å²) in [5.41, 5.74) is 0.428. The number of nitrogens with zero attached hydrogens (tertiary/aromatic N) is 1. The summed E-state index contributed by atoms with van der Waals surface area (Å²) in [6.45, 7) is 4.82. The summed E-state index contributed by atoms with van der Waals surface area (Å²) >= 11 is 0. The summed E-state index contributed by atoms with van der Waals surface area (Å²) in [4.78, 5) is 14.2. The zero-order chi connectivity index (χ0) is 9.68. The minimum atomic E-state index is 0.428. The van der Waals surface area contributed by atoms with Gasteiger partial charge in [0.2, 0.25) is 0 Å². The normalized spacial score (nSPS) is 10.1. The van der Waals surface area contributed by atoms with Gasteiger partial charge in [-0.25, -0.2) is 4.98 Å². The Kier molecular flexibility index (Phi) is 3.43. The van der Waals surface area contributed by atoms with Gasteiger partial charge in [0.25, 0.3) is 0 Å². The molecule has 0 N–H and O–H groups in total. The van der Waals surface area contributed by atoms with Crippen LogP contribution in [0.5, 0.6) is 5.75 Å². The van der Waals surface area contributed by atoms with Gasteiger partial charge in [0.1, 0.15) is 11.4 Å². The molecule has 1 heterocycles. The number of carbonyl (C=O) groups excluding carboxylic acids is 1. The van der Waals surface area contributed by atoms with Crippen molar-refractivity contribution in [3.63, 3.8) is 0 Å². The van der Waals surface area contributed by atoms with E-state index in [1.807, 2.05) is 0 Å². The molecule has 3 heteroatoms. The van der Waals surface area contributed by atoms with Crippen molar-refractivity contribution in [3.8, 4) is 5.75 Å². The van der Waals surface area contributed by atoms with E-state index >= 15 is 0 Å². The monoisotopic (exact) mass is 179 g/mol. The maximum atomic E-state index is 10.3. The summed E-state index contributed by atoms with van der Waals surface area (Å²) in [7, 11) is 0. The van der Waals surface area contributed by atoms with Crippen molar-refractivity contribution in [1.82, 2.24) is 4.98 Å². The van der Waals surface area contributed by atoms with Gasteiger partial charge in [-0.3, -0.25) is 4.79 Å². The Balaban J connectivity index is 2.54. The third-order valence-electron chi connectivity index (χ3n) is 1.46. The Bertz CT molecular complexity index is 267. The minimum absolute atomic E-state index is 0.428. The van der Waals surface area contributed by atoms with E-state index in [9.17, 15) is 4.79 Å². The van der Waals surface area contributed by atoms with Crippen LogP contribution in [0.4, 0.5) is 0 Å². The summed E-state index contributed by atoms with van der Waals surface area (Å²) in [5, 5.41) is 0. The Hall–Kier alpha value is -1.38. The van der Waals surface area contributed by atoms with Crippen LogP contribution in [0.15, 0.2) is 18.3 Å². The molecule has 0 amide bonds. The average molecular weight is 179 g/mol. The van der Waals surface area contributed by atoms with Gasteiger partial charge in [-0.2, -0.15) is 0 Å². The molecule has 0 saturated carbocycles. The van der Waals surface area contributed by atoms with Gasteiger partial charge in [-0.05, 0) is 18.1 Å². The number of rotatable bonds is 4. The van der Waals surface area contributed by atoms with Crippen LogP contribution in [0.2, 0.25) is 0 Å². The fourth-order valence-electron chi connectivity index (χ4n) is 0.810. The predicted octanol–water partition coefficient (Wildman–Crippen LogP) is 1.93. The van der Waals surface area contributed by atoms with Crippen LogP contribution in [0.3, 0.4) is 0 Å². The van der Waals surface area contributed by atoms with Gasteiger partial charge in [-0.15, -0.1) is 0 Å². The second-order valence-electron chi connectivity index (χ2n) is 3.24. The standard InChI is InChI=1S/C10H13NO2/c1-8(2)7-13-10-4-3-9(6-12)11-5-10/h3-6,8H,7H2,1-2H3. The van der Waals surface area contributed by atoms with Crippen molar-refractivity contribution in [2.45, 2.75) is 13.8 Å². The topological polar surface area (TPSA) is 39.2 Å². The summed E-state index contributed by atoms with van der Waals surface area (Å²) in [5.74, 6) is 1.20. The molecule has 0 unspecified atom stereocenters. The maximum absolute atomic E-state index is 10.3. The molecule has 1 aromatic heterocycles. The van der Waals surface area contributed by atoms with Crippen LogP contribution in [-0.4, -0.2) is 17.9 Å². The molecule has 1 aromatic rings. The molecule has 0 aliphatic heterocycles. The van der Waals surface area contributed by atoms with E-state index in [0.29, 0.717) is 30.3 Å². The van der Waals surface area contributed by atoms with Crippen LogP contribution in [0.1, 0.15) is 24.3 Å². The third-order valence-corrected chi connectivity index (χ3v) is 1.46. The lowest BCUT2D eigenvalue weighted by molar-refractivity contribution is 0.111. The molecule has 0 atom stereocenters. The molecule has 0 aliphatic rings. The van der Waals surface area contributed by atoms with E-state index in [1.54, 1.807) is 18.3 Å². The SMILES string of the molecule is CC(C)COc1ccc(C=O)nc1. The maximum Gasteiger partial charge on any atom is 0.168 e. The lowest BCUT2D eigenvalue weighted by Crippen LogP contribution is -2.04. The van der Waals surface area contributed by atoms with Gasteiger partial charge < -0.3 is 4.74 Å². The largest absolute Gasteiger partial charge is 0.492 e. The van der Waals surface area contributed by atoms with Crippen molar-refractivity contribution in [2.75, 3.05) is 6.61 Å². The van der Waals surface area contributed by atoms with E-state index in [-0.39, 0.29) is 0 Å². The summed E-state index contributed by atoms with van der Waals surface area (Å²) < 4.78 is 5.39. The van der Waals surface area contributed by atoms with Crippen molar-refractivity contribution in [1.29, 1.82) is 0 Å². The number of aldehydes is 1. The number of aromatic nitrogens is 1. The van der Waals surface area contributed by atoms with E-state index in [1.165, 1.54) is 0 Å². The Labute approximate surface area is 77.8 Å². The smallest absolute Gasteiger partial charge is 0.168 e. The van der Waals surface area contributed by atoms with Gasteiger partial charge in [0, 0.05) is 0 Å². The number of hydrogen-bond donors (Lipinski definition) is 0. The first-order valence-electron chi connectivity index (χ1n) is 4.26. The quantitative estimate of drug-likeness (QED) is 0.663. The number of ether oxygens (including phenoxy) is 1. The van der Waals surface area contributed by atoms with Crippen LogP contribution in [-0.2, 0) is 0 Å². The van der Waals surface area contributed by atoms with Crippen LogP contribution < -0.4 is 4.74 Å². The van der Waals surface area contributed by atoms with Crippen molar-refractivity contribution in [3.05, 3.63) is 24.0 Å². The first kappa shape index (κ1) is 9.71. The van der Waals surface area contributed by atoms with Gasteiger partial charge >= 0.3 is 0 Å². The van der Waals surface area contributed by atoms with E-state index < -0.39 is 0 Å². The second-order valence-corrected chi connectivity index (χ2v) is 3.24. The fraction of sp³-hybridized carbons (Fsp3) is 0.400. The molecule has 0 aliphatic carbocycles. The number of pyridine rings is 1. The average Bonchev–Trinajstić information content (AvgIpc) is 2.15. The highest BCUT2D eigenvalue weighted by Crippen LogP contribution is 2.09. The fourth-order valence-corrected chi connectivity index (χ4v) is 0.810. The van der Waals surface area contributed by atoms with Gasteiger partial charge in [0.05, 0.1) is 12.8 Å². The lowest BCUT2D eigenvalue weighted by Gasteiger charge is -2.07. The highest BCUT2D eigenvalue weighted by Gasteiger charge is 1.97. The minimum Gasteiger partial charge on any atom is -0.492 e. The van der Waals surface area contributed by atoms with E-state index in [4.69, 9.17) is 4.74 Å². The molecule has 13 heavy (non-hydrogen) atoms. The van der Waals surface area contributed by atoms with Crippen molar-refractivity contribution >= 4 is 6.29 Å². The lowest BCUT2D eigenvalue weighted by atomic mass is 10.2. The molecule has 0 aromatic carbocycles. The van der Waals surface area contributed by atoms with Crippen molar-refractivity contribution in [2.24, 2.45) is 5.92 Å². The third kappa shape index (κ3) is 3.23. The summed E-state index contributed by atoms with van der Waals surface area (Å²) in [6, 6.07) is 3.39. The zero-order valence-electron chi connectivity index (χ0n) is 7.86. The molecule has 0 spiro atoms. The van der Waals surface area contributed by atoms with Crippen LogP contribution in [0.25, 0.3) is 0 Å². The number of hydrogen-bond acceptors (Lipinski definition) is 3. The highest BCUT2D eigenvalue weighted by atomic mass is 16.5. The predicted molar refractivity (Wildman–Crippen MR) is 50.0 cm³/mol. The molecule has 0 bridgehead atoms. The van der Waals surface area contributed by atoms with Crippen molar-refractivity contribution < 1.29 is 9.53 Å². The van der Waals surface area contributed by atoms with E-state index in [2.05, 4.69) is 18.8 Å². The van der Waals surface area contributed by atoms with Gasteiger partial charge in [-0.1, -0.05) is 13.8 Å². The van der Waals surface area contributed by atoms with Gasteiger partial charge in [0.15, 0.2) is 6.29 Å². The molecular weight excluding hydrogens is 166 g/mol. The van der Waals surface area contributed by atoms with Crippen LogP contribution in [0, 0.1) is 5.92 Å². The molecule has 3 nitrogen and oxygen atoms in total. The zero-order valence-corrected chi connectivity index (χ0v) is 7.86. The van der Waals surface area contributed by atoms with Crippen LogP contribution >= 0.6 is 0 Å². The summed E-state index contributed by atoms with van der Waals surface area (Å²) in [6.07, 6.45) is 2.28. The second kappa shape index (κ2) is 4.60. The Morgan fingerprint density at radius 3 is 2.77 bits per heavy atom. The first-order valence-corrected chi connectivity index (χ1v) is 4.26. The molecule has 70 valence electrons. The number of carbonyl (C=O) groups is 1.